The Morgan fingerprint density at radius 1 is 1.11 bits per heavy atom. The molecule has 0 heterocycles. The van der Waals surface area contributed by atoms with Crippen LogP contribution >= 0.6 is 0 Å². The second-order valence-corrected chi connectivity index (χ2v) is 4.12. The Bertz CT molecular complexity index is 538. The van der Waals surface area contributed by atoms with Gasteiger partial charge in [-0.15, -0.1) is 0 Å². The number of hydrogen-bond donors (Lipinski definition) is 1. The summed E-state index contributed by atoms with van der Waals surface area (Å²) < 4.78 is 18.2. The summed E-state index contributed by atoms with van der Waals surface area (Å²) in [4.78, 5) is 0. The number of halogens is 1. The molecule has 0 radical (unpaired) electrons. The number of hydrogen-bond acceptors (Lipinski definition) is 2. The van der Waals surface area contributed by atoms with Gasteiger partial charge in [0, 0.05) is 0 Å². The van der Waals surface area contributed by atoms with Crippen LogP contribution in [0.1, 0.15) is 11.1 Å². The first-order valence-electron chi connectivity index (χ1n) is 5.79. The number of aromatic hydroxyl groups is 1. The molecule has 1 N–H and O–H groups in total. The predicted octanol–water partition coefficient (Wildman–Crippen LogP) is 3.33. The van der Waals surface area contributed by atoms with Gasteiger partial charge in [0.2, 0.25) is 0 Å². The van der Waals surface area contributed by atoms with Gasteiger partial charge in [-0.2, -0.15) is 0 Å². The van der Waals surface area contributed by atoms with Crippen molar-refractivity contribution >= 4 is 0 Å². The highest BCUT2D eigenvalue weighted by Gasteiger charge is 2.04. The molecule has 0 saturated carbocycles. The number of aryl methyl sites for hydroxylation is 2. The summed E-state index contributed by atoms with van der Waals surface area (Å²) in [7, 11) is 1.62. The summed E-state index contributed by atoms with van der Waals surface area (Å²) in [6.07, 6.45) is 1.32. The van der Waals surface area contributed by atoms with Gasteiger partial charge in [-0.25, -0.2) is 4.39 Å². The van der Waals surface area contributed by atoms with Gasteiger partial charge in [0.15, 0.2) is 0 Å². The molecule has 2 aromatic rings. The first-order valence-corrected chi connectivity index (χ1v) is 5.79. The van der Waals surface area contributed by atoms with Gasteiger partial charge >= 0.3 is 0 Å². The third-order valence-electron chi connectivity index (χ3n) is 2.86. The Labute approximate surface area is 106 Å². The summed E-state index contributed by atoms with van der Waals surface area (Å²) >= 11 is 0. The Balaban J connectivity index is 2.08. The van der Waals surface area contributed by atoms with Crippen molar-refractivity contribution in [3.63, 3.8) is 0 Å². The number of benzene rings is 2. The van der Waals surface area contributed by atoms with E-state index in [-0.39, 0.29) is 11.6 Å². The minimum absolute atomic E-state index is 0.138. The number of phenolic OH excluding ortho intramolecular Hbond substituents is 1. The highest BCUT2D eigenvalue weighted by atomic mass is 19.1. The molecule has 2 rings (SSSR count). The fraction of sp³-hybridized carbons (Fsp3) is 0.200. The summed E-state index contributed by atoms with van der Waals surface area (Å²) in [6, 6.07) is 11.7. The van der Waals surface area contributed by atoms with Crippen LogP contribution in [-0.2, 0) is 12.8 Å². The Morgan fingerprint density at radius 3 is 2.72 bits per heavy atom. The Hall–Kier alpha value is -2.03. The first-order chi connectivity index (χ1) is 8.69. The molecule has 3 heteroatoms. The molecule has 0 fully saturated rings. The molecule has 0 atom stereocenters. The normalized spacial score (nSPS) is 10.3. The number of methoxy groups -OCH3 is 1. The van der Waals surface area contributed by atoms with E-state index in [1.807, 2.05) is 24.3 Å². The van der Waals surface area contributed by atoms with E-state index in [4.69, 9.17) is 4.74 Å². The third-order valence-corrected chi connectivity index (χ3v) is 2.86. The third kappa shape index (κ3) is 3.00. The van der Waals surface area contributed by atoms with E-state index in [9.17, 15) is 9.50 Å². The predicted molar refractivity (Wildman–Crippen MR) is 68.5 cm³/mol. The van der Waals surface area contributed by atoms with Crippen LogP contribution in [0.2, 0.25) is 0 Å². The van der Waals surface area contributed by atoms with Crippen molar-refractivity contribution in [1.82, 2.24) is 0 Å². The molecular weight excluding hydrogens is 231 g/mol. The van der Waals surface area contributed by atoms with Gasteiger partial charge in [-0.1, -0.05) is 12.1 Å². The van der Waals surface area contributed by atoms with Gasteiger partial charge in [0.1, 0.15) is 17.3 Å². The largest absolute Gasteiger partial charge is 0.508 e. The number of rotatable bonds is 4. The maximum atomic E-state index is 13.1. The maximum Gasteiger partial charge on any atom is 0.123 e. The average molecular weight is 246 g/mol. The van der Waals surface area contributed by atoms with E-state index in [1.54, 1.807) is 7.11 Å². The lowest BCUT2D eigenvalue weighted by molar-refractivity contribution is 0.414. The molecule has 0 bridgehead atoms. The molecule has 94 valence electrons. The van der Waals surface area contributed by atoms with E-state index in [0.29, 0.717) is 12.0 Å². The summed E-state index contributed by atoms with van der Waals surface area (Å²) in [5.74, 6) is 0.615. The lowest BCUT2D eigenvalue weighted by Gasteiger charge is -2.06. The van der Waals surface area contributed by atoms with Crippen molar-refractivity contribution in [3.8, 4) is 11.5 Å². The summed E-state index contributed by atoms with van der Waals surface area (Å²) in [5.41, 5.74) is 1.72. The lowest BCUT2D eigenvalue weighted by atomic mass is 10.0. The molecule has 0 amide bonds. The Kier molecular flexibility index (Phi) is 3.82. The van der Waals surface area contributed by atoms with Crippen LogP contribution in [0.5, 0.6) is 11.5 Å². The molecule has 0 spiro atoms. The highest BCUT2D eigenvalue weighted by molar-refractivity contribution is 5.34. The van der Waals surface area contributed by atoms with Gasteiger partial charge in [0.05, 0.1) is 7.11 Å². The molecule has 0 unspecified atom stereocenters. The van der Waals surface area contributed by atoms with Crippen molar-refractivity contribution < 1.29 is 14.2 Å². The van der Waals surface area contributed by atoms with Crippen LogP contribution in [0.4, 0.5) is 4.39 Å². The van der Waals surface area contributed by atoms with Crippen molar-refractivity contribution in [3.05, 3.63) is 59.4 Å². The SMILES string of the molecule is COc1cccc(CCc2cc(F)ccc2O)c1. The minimum Gasteiger partial charge on any atom is -0.508 e. The van der Waals surface area contributed by atoms with Crippen LogP contribution in [0.15, 0.2) is 42.5 Å². The van der Waals surface area contributed by atoms with Crippen LogP contribution in [0.25, 0.3) is 0 Å². The molecule has 0 aromatic heterocycles. The fourth-order valence-electron chi connectivity index (χ4n) is 1.86. The van der Waals surface area contributed by atoms with E-state index in [1.165, 1.54) is 18.2 Å². The quantitative estimate of drug-likeness (QED) is 0.896. The van der Waals surface area contributed by atoms with Crippen LogP contribution < -0.4 is 4.74 Å². The molecule has 0 aliphatic heterocycles. The number of phenols is 1. The molecular formula is C15H15FO2. The topological polar surface area (TPSA) is 29.5 Å². The standard InChI is InChI=1S/C15H15FO2/c1-18-14-4-2-3-11(9-14)5-6-12-10-13(16)7-8-15(12)17/h2-4,7-10,17H,5-6H2,1H3. The van der Waals surface area contributed by atoms with Crippen molar-refractivity contribution in [2.24, 2.45) is 0 Å². The molecule has 0 saturated heterocycles. The maximum absolute atomic E-state index is 13.1. The van der Waals surface area contributed by atoms with Crippen LogP contribution in [0.3, 0.4) is 0 Å². The van der Waals surface area contributed by atoms with Crippen LogP contribution in [0, 0.1) is 5.82 Å². The second-order valence-electron chi connectivity index (χ2n) is 4.12. The lowest BCUT2D eigenvalue weighted by Crippen LogP contribution is -1.93. The average Bonchev–Trinajstić information content (AvgIpc) is 2.40. The first kappa shape index (κ1) is 12.4. The van der Waals surface area contributed by atoms with Gasteiger partial charge < -0.3 is 9.84 Å². The van der Waals surface area contributed by atoms with Gasteiger partial charge in [-0.3, -0.25) is 0 Å². The smallest absolute Gasteiger partial charge is 0.123 e. The van der Waals surface area contributed by atoms with E-state index in [0.717, 1.165) is 17.7 Å². The molecule has 2 aromatic carbocycles. The highest BCUT2D eigenvalue weighted by Crippen LogP contribution is 2.21. The summed E-state index contributed by atoms with van der Waals surface area (Å²) in [5, 5.41) is 9.62. The fourth-order valence-corrected chi connectivity index (χ4v) is 1.86. The van der Waals surface area contributed by atoms with E-state index >= 15 is 0 Å². The van der Waals surface area contributed by atoms with Crippen molar-refractivity contribution in [1.29, 1.82) is 0 Å². The molecule has 0 aliphatic rings. The number of ether oxygens (including phenoxy) is 1. The zero-order valence-electron chi connectivity index (χ0n) is 10.2. The minimum atomic E-state index is -0.326. The van der Waals surface area contributed by atoms with Gasteiger partial charge in [0.25, 0.3) is 0 Å². The molecule has 2 nitrogen and oxygen atoms in total. The monoisotopic (exact) mass is 246 g/mol. The van der Waals surface area contributed by atoms with Crippen molar-refractivity contribution in [2.45, 2.75) is 12.8 Å². The Morgan fingerprint density at radius 2 is 1.94 bits per heavy atom. The second kappa shape index (κ2) is 5.54. The van der Waals surface area contributed by atoms with Gasteiger partial charge in [-0.05, 0) is 54.3 Å². The van der Waals surface area contributed by atoms with Crippen LogP contribution in [-0.4, -0.2) is 12.2 Å². The molecule has 0 aliphatic carbocycles. The van der Waals surface area contributed by atoms with E-state index < -0.39 is 0 Å². The molecule has 18 heavy (non-hydrogen) atoms. The van der Waals surface area contributed by atoms with Crippen molar-refractivity contribution in [2.75, 3.05) is 7.11 Å². The zero-order chi connectivity index (χ0) is 13.0. The zero-order valence-corrected chi connectivity index (χ0v) is 10.2. The van der Waals surface area contributed by atoms with E-state index in [2.05, 4.69) is 0 Å². The summed E-state index contributed by atoms with van der Waals surface area (Å²) in [6.45, 7) is 0.